The first-order valence-electron chi connectivity index (χ1n) is 6.75. The summed E-state index contributed by atoms with van der Waals surface area (Å²) in [5, 5.41) is 6.55. The normalized spacial score (nSPS) is 15.0. The molecule has 0 amide bonds. The lowest BCUT2D eigenvalue weighted by Gasteiger charge is -2.26. The molecule has 0 aliphatic carbocycles. The molecule has 1 aromatic carbocycles. The topological polar surface area (TPSA) is 63.8 Å². The highest BCUT2D eigenvalue weighted by molar-refractivity contribution is 7.90. The van der Waals surface area contributed by atoms with Gasteiger partial charge in [0, 0.05) is 28.7 Å². The van der Waals surface area contributed by atoms with E-state index in [0.717, 1.165) is 11.1 Å². The van der Waals surface area contributed by atoms with Gasteiger partial charge in [0.05, 0.1) is 12.2 Å². The molecule has 2 rings (SSSR count). The molecule has 0 saturated carbocycles. The standard InChI is InChI=1S/C15H20FN3OS/c1-10(19-21(20)15(2,3)4)13-6-5-11(7-14(13)16)12-8-17-18-9-12/h5-10,19H,1-4H3,(H,17,18)/t10-,21?/m0/s1. The first-order chi connectivity index (χ1) is 9.79. The third-order valence-corrected chi connectivity index (χ3v) is 4.82. The van der Waals surface area contributed by atoms with Gasteiger partial charge in [0.15, 0.2) is 0 Å². The molecular formula is C15H20FN3OS. The number of nitrogens with zero attached hydrogens (tertiary/aromatic N) is 1. The van der Waals surface area contributed by atoms with Crippen LogP contribution in [0.3, 0.4) is 0 Å². The van der Waals surface area contributed by atoms with Crippen molar-refractivity contribution >= 4 is 11.4 Å². The van der Waals surface area contributed by atoms with Crippen molar-refractivity contribution in [2.24, 2.45) is 0 Å². The van der Waals surface area contributed by atoms with E-state index in [4.69, 9.17) is 0 Å². The molecule has 1 unspecified atom stereocenters. The first kappa shape index (κ1) is 16.0. The van der Waals surface area contributed by atoms with Crippen molar-refractivity contribution < 1.29 is 8.94 Å². The second-order valence-corrected chi connectivity index (χ2v) is 7.94. The molecule has 6 heteroatoms. The van der Waals surface area contributed by atoms with Crippen LogP contribution in [-0.2, 0) is 11.4 Å². The Morgan fingerprint density at radius 1 is 1.33 bits per heavy atom. The summed E-state index contributed by atoms with van der Waals surface area (Å²) < 4.78 is 28.9. The molecule has 21 heavy (non-hydrogen) atoms. The fourth-order valence-corrected chi connectivity index (χ4v) is 2.67. The fraction of sp³-hybridized carbons (Fsp3) is 0.400. The van der Waals surface area contributed by atoms with Crippen LogP contribution in [0.25, 0.3) is 11.1 Å². The summed E-state index contributed by atoms with van der Waals surface area (Å²) in [7, 11) is 0. The van der Waals surface area contributed by atoms with Crippen LogP contribution in [0.1, 0.15) is 39.3 Å². The van der Waals surface area contributed by atoms with E-state index in [1.54, 1.807) is 25.4 Å². The van der Waals surface area contributed by atoms with Crippen LogP contribution in [0.4, 0.5) is 4.39 Å². The Balaban J connectivity index is 2.17. The number of nitrogens with one attached hydrogen (secondary N) is 2. The lowest BCUT2D eigenvalue weighted by atomic mass is 10.0. The van der Waals surface area contributed by atoms with Gasteiger partial charge < -0.3 is 4.55 Å². The SMILES string of the molecule is C[C@H](N[S+]([O-])C(C)(C)C)c1ccc(-c2cn[nH]c2)cc1F. The lowest BCUT2D eigenvalue weighted by Crippen LogP contribution is -2.40. The predicted octanol–water partition coefficient (Wildman–Crippen LogP) is 3.33. The number of benzene rings is 1. The Morgan fingerprint density at radius 3 is 2.57 bits per heavy atom. The highest BCUT2D eigenvalue weighted by Gasteiger charge is 2.29. The van der Waals surface area contributed by atoms with Gasteiger partial charge in [0.25, 0.3) is 0 Å². The van der Waals surface area contributed by atoms with Crippen LogP contribution in [0.5, 0.6) is 0 Å². The predicted molar refractivity (Wildman–Crippen MR) is 83.4 cm³/mol. The molecule has 2 N–H and O–H groups in total. The molecule has 2 aromatic rings. The van der Waals surface area contributed by atoms with Gasteiger partial charge in [-0.25, -0.2) is 4.39 Å². The van der Waals surface area contributed by atoms with Gasteiger partial charge in [-0.15, -0.1) is 4.72 Å². The Labute approximate surface area is 127 Å². The summed E-state index contributed by atoms with van der Waals surface area (Å²) in [6.45, 7) is 7.43. The van der Waals surface area contributed by atoms with Crippen molar-refractivity contribution in [3.05, 3.63) is 42.0 Å². The summed E-state index contributed by atoms with van der Waals surface area (Å²) in [6.07, 6.45) is 3.36. The molecular weight excluding hydrogens is 289 g/mol. The second-order valence-electron chi connectivity index (χ2n) is 5.94. The van der Waals surface area contributed by atoms with E-state index >= 15 is 0 Å². The van der Waals surface area contributed by atoms with E-state index in [1.165, 1.54) is 6.07 Å². The Bertz CT molecular complexity index is 595. The maximum atomic E-state index is 14.3. The monoisotopic (exact) mass is 309 g/mol. The molecule has 0 spiro atoms. The van der Waals surface area contributed by atoms with Gasteiger partial charge in [-0.1, -0.05) is 12.1 Å². The van der Waals surface area contributed by atoms with Crippen LogP contribution < -0.4 is 4.72 Å². The number of rotatable bonds is 4. The minimum atomic E-state index is -1.24. The van der Waals surface area contributed by atoms with Gasteiger partial charge in [0.1, 0.15) is 10.6 Å². The summed E-state index contributed by atoms with van der Waals surface area (Å²) in [5.74, 6) is -0.320. The third kappa shape index (κ3) is 3.84. The molecule has 1 aromatic heterocycles. The van der Waals surface area contributed by atoms with E-state index in [0.29, 0.717) is 5.56 Å². The number of aromatic amines is 1. The minimum absolute atomic E-state index is 0.320. The Hall–Kier alpha value is -1.37. The van der Waals surface area contributed by atoms with E-state index in [9.17, 15) is 8.94 Å². The third-order valence-electron chi connectivity index (χ3n) is 3.14. The van der Waals surface area contributed by atoms with E-state index < -0.39 is 11.4 Å². The van der Waals surface area contributed by atoms with Gasteiger partial charge in [0.2, 0.25) is 0 Å². The van der Waals surface area contributed by atoms with Crippen molar-refractivity contribution in [3.8, 4) is 11.1 Å². The maximum absolute atomic E-state index is 14.3. The summed E-state index contributed by atoms with van der Waals surface area (Å²) in [4.78, 5) is 0. The van der Waals surface area contributed by atoms with Crippen molar-refractivity contribution in [2.45, 2.75) is 38.5 Å². The van der Waals surface area contributed by atoms with E-state index in [-0.39, 0.29) is 16.6 Å². The number of aromatic nitrogens is 2. The smallest absolute Gasteiger partial charge is 0.136 e. The molecule has 0 aliphatic heterocycles. The average molecular weight is 309 g/mol. The van der Waals surface area contributed by atoms with Gasteiger partial charge in [-0.2, -0.15) is 5.10 Å². The number of hydrogen-bond donors (Lipinski definition) is 2. The molecule has 114 valence electrons. The number of hydrogen-bond acceptors (Lipinski definition) is 3. The summed E-state index contributed by atoms with van der Waals surface area (Å²) >= 11 is -1.24. The van der Waals surface area contributed by atoms with Crippen LogP contribution >= 0.6 is 0 Å². The molecule has 2 atom stereocenters. The van der Waals surface area contributed by atoms with Crippen LogP contribution in [0.2, 0.25) is 0 Å². The molecule has 0 radical (unpaired) electrons. The van der Waals surface area contributed by atoms with E-state index in [1.807, 2.05) is 26.8 Å². The zero-order chi connectivity index (χ0) is 15.6. The van der Waals surface area contributed by atoms with Crippen molar-refractivity contribution in [2.75, 3.05) is 0 Å². The number of H-pyrrole nitrogens is 1. The van der Waals surface area contributed by atoms with E-state index in [2.05, 4.69) is 14.9 Å². The van der Waals surface area contributed by atoms with Gasteiger partial charge >= 0.3 is 0 Å². The quantitative estimate of drug-likeness (QED) is 0.852. The number of halogens is 1. The van der Waals surface area contributed by atoms with Crippen LogP contribution in [0, 0.1) is 5.82 Å². The van der Waals surface area contributed by atoms with Crippen LogP contribution in [-0.4, -0.2) is 19.5 Å². The molecule has 0 aliphatic rings. The second kappa shape index (κ2) is 6.17. The molecule has 0 fully saturated rings. The molecule has 1 heterocycles. The highest BCUT2D eigenvalue weighted by atomic mass is 32.2. The summed E-state index contributed by atoms with van der Waals surface area (Å²) in [5.41, 5.74) is 2.09. The zero-order valence-corrected chi connectivity index (χ0v) is 13.4. The van der Waals surface area contributed by atoms with Gasteiger partial charge in [-0.3, -0.25) is 5.10 Å². The molecule has 0 saturated heterocycles. The minimum Gasteiger partial charge on any atom is -0.598 e. The summed E-state index contributed by atoms with van der Waals surface area (Å²) in [6, 6.07) is 4.69. The highest BCUT2D eigenvalue weighted by Crippen LogP contribution is 2.26. The van der Waals surface area contributed by atoms with Crippen molar-refractivity contribution in [3.63, 3.8) is 0 Å². The Kier molecular flexibility index (Phi) is 4.70. The van der Waals surface area contributed by atoms with Gasteiger partial charge in [-0.05, 0) is 39.3 Å². The zero-order valence-electron chi connectivity index (χ0n) is 12.6. The van der Waals surface area contributed by atoms with Crippen LogP contribution in [0.15, 0.2) is 30.6 Å². The molecule has 4 nitrogen and oxygen atoms in total. The Morgan fingerprint density at radius 2 is 2.05 bits per heavy atom. The lowest BCUT2D eigenvalue weighted by molar-refractivity contribution is 0.522. The first-order valence-corrected chi connectivity index (χ1v) is 7.90. The molecule has 0 bridgehead atoms. The maximum Gasteiger partial charge on any atom is 0.136 e. The van der Waals surface area contributed by atoms with Crippen molar-refractivity contribution in [1.82, 2.24) is 14.9 Å². The largest absolute Gasteiger partial charge is 0.598 e. The fourth-order valence-electron chi connectivity index (χ4n) is 1.87. The average Bonchev–Trinajstić information content (AvgIpc) is 2.90. The van der Waals surface area contributed by atoms with Crippen molar-refractivity contribution in [1.29, 1.82) is 0 Å².